The van der Waals surface area contributed by atoms with Crippen molar-refractivity contribution in [3.63, 3.8) is 0 Å². The topological polar surface area (TPSA) is 29.5 Å². The molecule has 1 aromatic carbocycles. The van der Waals surface area contributed by atoms with E-state index in [4.69, 9.17) is 4.74 Å². The number of ether oxygens (including phenoxy) is 1. The first-order valence-corrected chi connectivity index (χ1v) is 8.16. The average Bonchev–Trinajstić information content (AvgIpc) is 2.42. The van der Waals surface area contributed by atoms with E-state index in [0.29, 0.717) is 17.6 Å². The summed E-state index contributed by atoms with van der Waals surface area (Å²) in [6.45, 7) is 6.87. The van der Waals surface area contributed by atoms with Crippen molar-refractivity contribution in [2.24, 2.45) is 0 Å². The zero-order valence-corrected chi connectivity index (χ0v) is 14.7. The predicted octanol–water partition coefficient (Wildman–Crippen LogP) is 5.00. The fourth-order valence-electron chi connectivity index (χ4n) is 2.29. The van der Waals surface area contributed by atoms with Crippen LogP contribution in [0.1, 0.15) is 39.2 Å². The Kier molecular flexibility index (Phi) is 5.27. The second-order valence-corrected chi connectivity index (χ2v) is 7.30. The Morgan fingerprint density at radius 1 is 1.32 bits per heavy atom. The van der Waals surface area contributed by atoms with Crippen molar-refractivity contribution in [1.82, 2.24) is 4.90 Å². The van der Waals surface area contributed by atoms with Gasteiger partial charge in [-0.05, 0) is 67.2 Å². The third-order valence-electron chi connectivity index (χ3n) is 3.37. The molecular formula is C17H21BrFNO2. The van der Waals surface area contributed by atoms with Crippen molar-refractivity contribution in [3.8, 4) is 0 Å². The summed E-state index contributed by atoms with van der Waals surface area (Å²) in [6, 6.07) is 5.09. The molecule has 5 heteroatoms. The summed E-state index contributed by atoms with van der Waals surface area (Å²) in [4.78, 5) is 13.7. The summed E-state index contributed by atoms with van der Waals surface area (Å²) in [5.41, 5.74) is 1.60. The molecular weight excluding hydrogens is 349 g/mol. The quantitative estimate of drug-likeness (QED) is 0.696. The van der Waals surface area contributed by atoms with Gasteiger partial charge in [-0.25, -0.2) is 9.18 Å². The lowest BCUT2D eigenvalue weighted by atomic mass is 10.0. The molecule has 0 radical (unpaired) electrons. The van der Waals surface area contributed by atoms with Crippen LogP contribution >= 0.6 is 15.9 Å². The largest absolute Gasteiger partial charge is 0.444 e. The summed E-state index contributed by atoms with van der Waals surface area (Å²) >= 11 is 3.15. The summed E-state index contributed by atoms with van der Waals surface area (Å²) in [5.74, 6) is -0.263. The van der Waals surface area contributed by atoms with E-state index in [1.165, 1.54) is 11.6 Å². The second kappa shape index (κ2) is 6.82. The molecule has 0 atom stereocenters. The fourth-order valence-corrected chi connectivity index (χ4v) is 2.53. The number of hydrogen-bond acceptors (Lipinski definition) is 2. The van der Waals surface area contributed by atoms with Crippen LogP contribution in [-0.2, 0) is 4.74 Å². The Morgan fingerprint density at radius 3 is 2.50 bits per heavy atom. The van der Waals surface area contributed by atoms with E-state index in [1.54, 1.807) is 11.0 Å². The molecule has 1 aromatic rings. The van der Waals surface area contributed by atoms with Crippen LogP contribution in [0, 0.1) is 5.82 Å². The van der Waals surface area contributed by atoms with Gasteiger partial charge < -0.3 is 9.64 Å². The minimum atomic E-state index is -0.470. The third-order valence-corrected chi connectivity index (χ3v) is 4.01. The van der Waals surface area contributed by atoms with Crippen LogP contribution in [0.3, 0.4) is 0 Å². The molecule has 0 aliphatic carbocycles. The minimum Gasteiger partial charge on any atom is -0.444 e. The van der Waals surface area contributed by atoms with E-state index in [1.807, 2.05) is 32.9 Å². The zero-order chi connectivity index (χ0) is 16.3. The number of benzene rings is 1. The molecule has 1 amide bonds. The lowest BCUT2D eigenvalue weighted by Gasteiger charge is -2.31. The van der Waals surface area contributed by atoms with Gasteiger partial charge in [0, 0.05) is 13.1 Å². The van der Waals surface area contributed by atoms with E-state index >= 15 is 0 Å². The molecule has 1 heterocycles. The van der Waals surface area contributed by atoms with Crippen LogP contribution in [-0.4, -0.2) is 29.7 Å². The predicted molar refractivity (Wildman–Crippen MR) is 89.1 cm³/mol. The highest BCUT2D eigenvalue weighted by Crippen LogP contribution is 2.23. The number of likely N-dealkylation sites (tertiary alicyclic amines) is 1. The van der Waals surface area contributed by atoms with Gasteiger partial charge in [0.15, 0.2) is 0 Å². The number of carbonyl (C=O) groups is 1. The Bertz CT molecular complexity index is 583. The molecule has 0 N–H and O–H groups in total. The van der Waals surface area contributed by atoms with Gasteiger partial charge in [0.05, 0.1) is 4.47 Å². The van der Waals surface area contributed by atoms with Crippen LogP contribution in [0.2, 0.25) is 0 Å². The van der Waals surface area contributed by atoms with Gasteiger partial charge in [0.2, 0.25) is 0 Å². The Morgan fingerprint density at radius 2 is 1.95 bits per heavy atom. The van der Waals surface area contributed by atoms with Crippen molar-refractivity contribution >= 4 is 28.1 Å². The van der Waals surface area contributed by atoms with Gasteiger partial charge in [0.25, 0.3) is 0 Å². The zero-order valence-electron chi connectivity index (χ0n) is 13.2. The number of hydrogen-bond donors (Lipinski definition) is 0. The molecule has 1 fully saturated rings. The molecule has 2 rings (SSSR count). The lowest BCUT2D eigenvalue weighted by Crippen LogP contribution is -2.40. The lowest BCUT2D eigenvalue weighted by molar-refractivity contribution is 0.0237. The first kappa shape index (κ1) is 17.0. The number of carbonyl (C=O) groups excluding carboxylic acids is 1. The first-order chi connectivity index (χ1) is 10.2. The first-order valence-electron chi connectivity index (χ1n) is 7.37. The minimum absolute atomic E-state index is 0.263. The van der Waals surface area contributed by atoms with E-state index < -0.39 is 5.60 Å². The van der Waals surface area contributed by atoms with Gasteiger partial charge >= 0.3 is 6.09 Å². The van der Waals surface area contributed by atoms with E-state index in [2.05, 4.69) is 15.9 Å². The Balaban J connectivity index is 1.95. The van der Waals surface area contributed by atoms with Crippen LogP contribution < -0.4 is 0 Å². The number of nitrogens with zero attached hydrogens (tertiary/aromatic N) is 1. The van der Waals surface area contributed by atoms with Gasteiger partial charge in [-0.2, -0.15) is 0 Å². The SMILES string of the molecule is CC(C)(C)OC(=O)N1CCC(=Cc2ccc(Br)c(F)c2)CC1. The maximum atomic E-state index is 13.5. The molecule has 1 aliphatic rings. The smallest absolute Gasteiger partial charge is 0.410 e. The van der Waals surface area contributed by atoms with Gasteiger partial charge in [-0.3, -0.25) is 0 Å². The number of amides is 1. The molecule has 0 saturated carbocycles. The second-order valence-electron chi connectivity index (χ2n) is 6.44. The highest BCUT2D eigenvalue weighted by atomic mass is 79.9. The highest BCUT2D eigenvalue weighted by molar-refractivity contribution is 9.10. The van der Waals surface area contributed by atoms with E-state index in [0.717, 1.165) is 18.4 Å². The molecule has 3 nitrogen and oxygen atoms in total. The van der Waals surface area contributed by atoms with Crippen molar-refractivity contribution in [1.29, 1.82) is 0 Å². The van der Waals surface area contributed by atoms with E-state index in [9.17, 15) is 9.18 Å². The van der Waals surface area contributed by atoms with E-state index in [-0.39, 0.29) is 11.9 Å². The molecule has 120 valence electrons. The molecule has 0 spiro atoms. The van der Waals surface area contributed by atoms with Crippen LogP contribution in [0.5, 0.6) is 0 Å². The maximum Gasteiger partial charge on any atom is 0.410 e. The molecule has 22 heavy (non-hydrogen) atoms. The fraction of sp³-hybridized carbons (Fsp3) is 0.471. The Hall–Kier alpha value is -1.36. The van der Waals surface area contributed by atoms with Crippen molar-refractivity contribution in [3.05, 3.63) is 39.6 Å². The van der Waals surface area contributed by atoms with Gasteiger partial charge in [0.1, 0.15) is 11.4 Å². The monoisotopic (exact) mass is 369 g/mol. The summed E-state index contributed by atoms with van der Waals surface area (Å²) in [6.07, 6.45) is 3.32. The number of rotatable bonds is 1. The molecule has 1 saturated heterocycles. The summed E-state index contributed by atoms with van der Waals surface area (Å²) < 4.78 is 19.4. The van der Waals surface area contributed by atoms with Gasteiger partial charge in [-0.1, -0.05) is 17.7 Å². The molecule has 0 unspecified atom stereocenters. The van der Waals surface area contributed by atoms with Crippen LogP contribution in [0.15, 0.2) is 28.2 Å². The standard InChI is InChI=1S/C17H21BrFNO2/c1-17(2,3)22-16(21)20-8-6-12(7-9-20)10-13-4-5-14(18)15(19)11-13/h4-5,10-11H,6-9H2,1-3H3. The maximum absolute atomic E-state index is 13.5. The van der Waals surface area contributed by atoms with Crippen LogP contribution in [0.4, 0.5) is 9.18 Å². The Labute approximate surface area is 139 Å². The van der Waals surface area contributed by atoms with Crippen molar-refractivity contribution in [2.75, 3.05) is 13.1 Å². The normalized spacial score (nSPS) is 15.7. The molecule has 0 bridgehead atoms. The third kappa shape index (κ3) is 4.83. The van der Waals surface area contributed by atoms with Crippen molar-refractivity contribution in [2.45, 2.75) is 39.2 Å². The molecule has 1 aliphatic heterocycles. The van der Waals surface area contributed by atoms with Crippen LogP contribution in [0.25, 0.3) is 6.08 Å². The summed E-state index contributed by atoms with van der Waals surface area (Å²) in [7, 11) is 0. The number of halogens is 2. The average molecular weight is 370 g/mol. The number of piperidine rings is 1. The highest BCUT2D eigenvalue weighted by Gasteiger charge is 2.24. The molecule has 0 aromatic heterocycles. The summed E-state index contributed by atoms with van der Waals surface area (Å²) in [5, 5.41) is 0. The van der Waals surface area contributed by atoms with Gasteiger partial charge in [-0.15, -0.1) is 0 Å². The van der Waals surface area contributed by atoms with Crippen molar-refractivity contribution < 1.29 is 13.9 Å².